The van der Waals surface area contributed by atoms with E-state index in [0.717, 1.165) is 15.8 Å². The number of halogens is 1. The first-order valence-electron chi connectivity index (χ1n) is 4.68. The SMILES string of the molecule is C[C@@H]1C[C@H]1C(=O)NCc1ccsc1Br. The zero-order chi connectivity index (χ0) is 10.1. The summed E-state index contributed by atoms with van der Waals surface area (Å²) in [5.41, 5.74) is 1.16. The molecule has 1 aliphatic carbocycles. The van der Waals surface area contributed by atoms with Crippen LogP contribution in [0.5, 0.6) is 0 Å². The van der Waals surface area contributed by atoms with Gasteiger partial charge in [0.05, 0.1) is 3.79 Å². The molecule has 0 spiro atoms. The van der Waals surface area contributed by atoms with Crippen molar-refractivity contribution in [3.63, 3.8) is 0 Å². The van der Waals surface area contributed by atoms with Gasteiger partial charge in [-0.2, -0.15) is 0 Å². The van der Waals surface area contributed by atoms with E-state index in [-0.39, 0.29) is 11.8 Å². The average molecular weight is 274 g/mol. The van der Waals surface area contributed by atoms with Crippen LogP contribution in [0.3, 0.4) is 0 Å². The lowest BCUT2D eigenvalue weighted by molar-refractivity contribution is -0.122. The molecule has 0 radical (unpaired) electrons. The predicted molar refractivity (Wildman–Crippen MR) is 61.1 cm³/mol. The van der Waals surface area contributed by atoms with Crippen molar-refractivity contribution in [3.8, 4) is 0 Å². The summed E-state index contributed by atoms with van der Waals surface area (Å²) in [4.78, 5) is 11.5. The molecule has 0 aliphatic heterocycles. The van der Waals surface area contributed by atoms with Crippen LogP contribution in [0, 0.1) is 11.8 Å². The van der Waals surface area contributed by atoms with Crippen molar-refractivity contribution >= 4 is 33.2 Å². The van der Waals surface area contributed by atoms with E-state index in [9.17, 15) is 4.79 Å². The van der Waals surface area contributed by atoms with Crippen LogP contribution >= 0.6 is 27.3 Å². The third-order valence-electron chi connectivity index (χ3n) is 2.59. The average Bonchev–Trinajstić information content (AvgIpc) is 2.74. The van der Waals surface area contributed by atoms with Gasteiger partial charge in [-0.1, -0.05) is 6.92 Å². The zero-order valence-corrected chi connectivity index (χ0v) is 10.3. The van der Waals surface area contributed by atoms with Gasteiger partial charge in [-0.25, -0.2) is 0 Å². The van der Waals surface area contributed by atoms with Crippen LogP contribution < -0.4 is 5.32 Å². The lowest BCUT2D eigenvalue weighted by Crippen LogP contribution is -2.24. The molecule has 1 heterocycles. The molecule has 0 aromatic carbocycles. The molecule has 0 unspecified atom stereocenters. The van der Waals surface area contributed by atoms with Crippen molar-refractivity contribution in [3.05, 3.63) is 20.8 Å². The molecule has 4 heteroatoms. The Bertz CT molecular complexity index is 350. The van der Waals surface area contributed by atoms with Crippen LogP contribution in [0.15, 0.2) is 15.2 Å². The molecule has 0 bridgehead atoms. The molecule has 2 atom stereocenters. The smallest absolute Gasteiger partial charge is 0.223 e. The van der Waals surface area contributed by atoms with Gasteiger partial charge in [0.25, 0.3) is 0 Å². The third kappa shape index (κ3) is 2.17. The third-order valence-corrected chi connectivity index (χ3v) is 4.40. The van der Waals surface area contributed by atoms with E-state index in [1.807, 2.05) is 11.4 Å². The summed E-state index contributed by atoms with van der Waals surface area (Å²) in [6.07, 6.45) is 1.05. The molecule has 14 heavy (non-hydrogen) atoms. The van der Waals surface area contributed by atoms with E-state index < -0.39 is 0 Å². The van der Waals surface area contributed by atoms with E-state index in [4.69, 9.17) is 0 Å². The van der Waals surface area contributed by atoms with E-state index in [1.54, 1.807) is 11.3 Å². The van der Waals surface area contributed by atoms with Crippen molar-refractivity contribution < 1.29 is 4.79 Å². The van der Waals surface area contributed by atoms with Crippen LogP contribution in [-0.2, 0) is 11.3 Å². The molecular weight excluding hydrogens is 262 g/mol. The molecule has 2 rings (SSSR count). The van der Waals surface area contributed by atoms with Gasteiger partial charge in [-0.15, -0.1) is 11.3 Å². The van der Waals surface area contributed by atoms with Crippen LogP contribution in [0.4, 0.5) is 0 Å². The minimum absolute atomic E-state index is 0.204. The number of amides is 1. The maximum absolute atomic E-state index is 11.5. The molecule has 1 saturated carbocycles. The van der Waals surface area contributed by atoms with Crippen molar-refractivity contribution in [1.29, 1.82) is 0 Å². The van der Waals surface area contributed by atoms with Gasteiger partial charge in [-0.3, -0.25) is 4.79 Å². The second-order valence-corrected chi connectivity index (χ2v) is 5.99. The molecule has 1 aliphatic rings. The second-order valence-electron chi connectivity index (χ2n) is 3.76. The van der Waals surface area contributed by atoms with E-state index >= 15 is 0 Å². The number of thiophene rings is 1. The standard InChI is InChI=1S/C10H12BrNOS/c1-6-4-8(6)10(13)12-5-7-2-3-14-9(7)11/h2-3,6,8H,4-5H2,1H3,(H,12,13)/t6-,8-/m1/s1. The number of hydrogen-bond acceptors (Lipinski definition) is 2. The van der Waals surface area contributed by atoms with Gasteiger partial charge in [0.2, 0.25) is 5.91 Å². The van der Waals surface area contributed by atoms with Crippen molar-refractivity contribution in [1.82, 2.24) is 5.32 Å². The Kier molecular flexibility index (Phi) is 2.93. The second kappa shape index (κ2) is 4.03. The van der Waals surface area contributed by atoms with Crippen molar-refractivity contribution in [2.45, 2.75) is 19.9 Å². The Hall–Kier alpha value is -0.350. The number of hydrogen-bond donors (Lipinski definition) is 1. The highest BCUT2D eigenvalue weighted by Crippen LogP contribution is 2.37. The van der Waals surface area contributed by atoms with Crippen molar-refractivity contribution in [2.75, 3.05) is 0 Å². The molecular formula is C10H12BrNOS. The first-order chi connectivity index (χ1) is 6.68. The maximum Gasteiger partial charge on any atom is 0.223 e. The lowest BCUT2D eigenvalue weighted by Gasteiger charge is -2.02. The molecule has 1 fully saturated rings. The molecule has 76 valence electrons. The van der Waals surface area contributed by atoms with Crippen LogP contribution in [-0.4, -0.2) is 5.91 Å². The Morgan fingerprint density at radius 1 is 1.79 bits per heavy atom. The van der Waals surface area contributed by atoms with E-state index in [0.29, 0.717) is 12.5 Å². The molecule has 2 nitrogen and oxygen atoms in total. The lowest BCUT2D eigenvalue weighted by atomic mass is 10.3. The van der Waals surface area contributed by atoms with Crippen LogP contribution in [0.2, 0.25) is 0 Å². The first kappa shape index (κ1) is 10.2. The Morgan fingerprint density at radius 3 is 3.00 bits per heavy atom. The van der Waals surface area contributed by atoms with Gasteiger partial charge < -0.3 is 5.32 Å². The number of nitrogens with one attached hydrogen (secondary N) is 1. The molecule has 1 N–H and O–H groups in total. The molecule has 1 amide bonds. The summed E-state index contributed by atoms with van der Waals surface area (Å²) < 4.78 is 1.11. The summed E-state index contributed by atoms with van der Waals surface area (Å²) in [7, 11) is 0. The van der Waals surface area contributed by atoms with Gasteiger partial charge in [0, 0.05) is 12.5 Å². The summed E-state index contributed by atoms with van der Waals surface area (Å²) in [5, 5.41) is 4.98. The molecule has 1 aromatic heterocycles. The normalized spacial score (nSPS) is 24.7. The summed E-state index contributed by atoms with van der Waals surface area (Å²) in [5.74, 6) is 1.06. The quantitative estimate of drug-likeness (QED) is 0.902. The van der Waals surface area contributed by atoms with Crippen LogP contribution in [0.1, 0.15) is 18.9 Å². The van der Waals surface area contributed by atoms with Gasteiger partial charge >= 0.3 is 0 Å². The number of rotatable bonds is 3. The number of carbonyl (C=O) groups excluding carboxylic acids is 1. The maximum atomic E-state index is 11.5. The summed E-state index contributed by atoms with van der Waals surface area (Å²) in [6.45, 7) is 2.76. The monoisotopic (exact) mass is 273 g/mol. The fourth-order valence-electron chi connectivity index (χ4n) is 1.45. The van der Waals surface area contributed by atoms with E-state index in [1.165, 1.54) is 0 Å². The molecule has 0 saturated heterocycles. The van der Waals surface area contributed by atoms with Gasteiger partial charge in [-0.05, 0) is 45.3 Å². The van der Waals surface area contributed by atoms with E-state index in [2.05, 4.69) is 28.2 Å². The fraction of sp³-hybridized carbons (Fsp3) is 0.500. The highest BCUT2D eigenvalue weighted by molar-refractivity contribution is 9.11. The minimum Gasteiger partial charge on any atom is -0.352 e. The molecule has 1 aromatic rings. The minimum atomic E-state index is 0.204. The largest absolute Gasteiger partial charge is 0.352 e. The highest BCUT2D eigenvalue weighted by Gasteiger charge is 2.38. The topological polar surface area (TPSA) is 29.1 Å². The first-order valence-corrected chi connectivity index (χ1v) is 6.35. The van der Waals surface area contributed by atoms with Gasteiger partial charge in [0.15, 0.2) is 0 Å². The Labute approximate surface area is 95.8 Å². The zero-order valence-electron chi connectivity index (χ0n) is 7.92. The fourth-order valence-corrected chi connectivity index (χ4v) is 2.69. The Morgan fingerprint density at radius 2 is 2.50 bits per heavy atom. The van der Waals surface area contributed by atoms with Gasteiger partial charge in [0.1, 0.15) is 0 Å². The Balaban J connectivity index is 1.83. The number of carbonyl (C=O) groups is 1. The van der Waals surface area contributed by atoms with Crippen LogP contribution in [0.25, 0.3) is 0 Å². The summed E-state index contributed by atoms with van der Waals surface area (Å²) >= 11 is 5.09. The predicted octanol–water partition coefficient (Wildman–Crippen LogP) is 2.78. The van der Waals surface area contributed by atoms with Crippen molar-refractivity contribution in [2.24, 2.45) is 11.8 Å². The summed E-state index contributed by atoms with van der Waals surface area (Å²) in [6, 6.07) is 2.03. The highest BCUT2D eigenvalue weighted by atomic mass is 79.9.